The first-order valence-electron chi connectivity index (χ1n) is 8.52. The van der Waals surface area contributed by atoms with E-state index >= 15 is 0 Å². The van der Waals surface area contributed by atoms with Gasteiger partial charge in [-0.2, -0.15) is 0 Å². The highest BCUT2D eigenvalue weighted by Crippen LogP contribution is 2.31. The van der Waals surface area contributed by atoms with E-state index in [0.29, 0.717) is 24.7 Å². The molecule has 4 rings (SSSR count). The summed E-state index contributed by atoms with van der Waals surface area (Å²) in [6.07, 6.45) is 5.03. The maximum absolute atomic E-state index is 11.4. The maximum Gasteiger partial charge on any atom is 0.133 e. The van der Waals surface area contributed by atoms with E-state index in [-0.39, 0.29) is 0 Å². The molecule has 0 saturated heterocycles. The van der Waals surface area contributed by atoms with E-state index in [1.165, 1.54) is 10.9 Å². The highest BCUT2D eigenvalue weighted by Gasteiger charge is 2.19. The number of fused-ring (bicyclic) bond motifs is 1. The summed E-state index contributed by atoms with van der Waals surface area (Å²) in [5, 5.41) is 4.83. The van der Waals surface area contributed by atoms with Gasteiger partial charge in [0.1, 0.15) is 5.78 Å². The fourth-order valence-corrected chi connectivity index (χ4v) is 3.47. The zero-order chi connectivity index (χ0) is 16.5. The zero-order valence-electron chi connectivity index (χ0n) is 13.8. The third kappa shape index (κ3) is 2.92. The monoisotopic (exact) mass is 319 g/mol. The van der Waals surface area contributed by atoms with Crippen molar-refractivity contribution in [2.75, 3.05) is 5.32 Å². The Morgan fingerprint density at radius 3 is 2.75 bits per heavy atom. The largest absolute Gasteiger partial charge is 0.381 e. The van der Waals surface area contributed by atoms with E-state index in [9.17, 15) is 4.79 Å². The minimum absolute atomic E-state index is 0.370. The Balaban J connectivity index is 1.70. The molecule has 24 heavy (non-hydrogen) atoms. The molecule has 2 aromatic heterocycles. The molecule has 1 fully saturated rings. The number of aromatic nitrogens is 2. The van der Waals surface area contributed by atoms with Crippen LogP contribution in [0.25, 0.3) is 22.3 Å². The molecule has 1 aliphatic carbocycles. The number of benzene rings is 1. The molecule has 4 heteroatoms. The van der Waals surface area contributed by atoms with Crippen molar-refractivity contribution in [2.45, 2.75) is 38.6 Å². The third-order valence-electron chi connectivity index (χ3n) is 4.72. The van der Waals surface area contributed by atoms with E-state index in [4.69, 9.17) is 0 Å². The number of aryl methyl sites for hydroxylation is 1. The van der Waals surface area contributed by atoms with Crippen LogP contribution in [0.3, 0.4) is 0 Å². The summed E-state index contributed by atoms with van der Waals surface area (Å²) in [5.74, 6) is 0.389. The summed E-state index contributed by atoms with van der Waals surface area (Å²) in [5.41, 5.74) is 5.42. The topological polar surface area (TPSA) is 57.8 Å². The molecule has 122 valence electrons. The number of nitrogens with one attached hydrogen (secondary N) is 2. The van der Waals surface area contributed by atoms with Gasteiger partial charge in [0, 0.05) is 30.5 Å². The Hall–Kier alpha value is -2.62. The number of carbonyl (C=O) groups excluding carboxylic acids is 1. The van der Waals surface area contributed by atoms with Crippen LogP contribution in [-0.4, -0.2) is 21.8 Å². The van der Waals surface area contributed by atoms with Crippen molar-refractivity contribution in [1.29, 1.82) is 0 Å². The molecule has 3 aromatic rings. The van der Waals surface area contributed by atoms with E-state index in [2.05, 4.69) is 40.4 Å². The van der Waals surface area contributed by atoms with E-state index in [1.54, 1.807) is 0 Å². The molecule has 0 spiro atoms. The molecule has 0 amide bonds. The van der Waals surface area contributed by atoms with Gasteiger partial charge in [-0.25, -0.2) is 0 Å². The summed E-state index contributed by atoms with van der Waals surface area (Å²) in [7, 11) is 0. The molecule has 4 nitrogen and oxygen atoms in total. The lowest BCUT2D eigenvalue weighted by atomic mass is 9.94. The van der Waals surface area contributed by atoms with Crippen molar-refractivity contribution < 1.29 is 4.79 Å². The number of carbonyl (C=O) groups is 1. The van der Waals surface area contributed by atoms with Crippen molar-refractivity contribution >= 4 is 22.4 Å². The Morgan fingerprint density at radius 2 is 2.00 bits per heavy atom. The van der Waals surface area contributed by atoms with Crippen LogP contribution in [0.1, 0.15) is 31.2 Å². The van der Waals surface area contributed by atoms with Crippen LogP contribution >= 0.6 is 0 Å². The fraction of sp³-hybridized carbons (Fsp3) is 0.300. The number of nitrogens with zero attached hydrogens (tertiary/aromatic N) is 1. The smallest absolute Gasteiger partial charge is 0.133 e. The predicted octanol–water partition coefficient (Wildman–Crippen LogP) is 4.46. The number of H-pyrrole nitrogens is 1. The van der Waals surface area contributed by atoms with Crippen molar-refractivity contribution in [1.82, 2.24) is 9.97 Å². The quantitative estimate of drug-likeness (QED) is 0.749. The second-order valence-electron chi connectivity index (χ2n) is 6.63. The van der Waals surface area contributed by atoms with Crippen LogP contribution in [0.4, 0.5) is 5.69 Å². The Morgan fingerprint density at radius 1 is 1.17 bits per heavy atom. The zero-order valence-corrected chi connectivity index (χ0v) is 13.8. The van der Waals surface area contributed by atoms with E-state index < -0.39 is 0 Å². The second-order valence-corrected chi connectivity index (χ2v) is 6.63. The van der Waals surface area contributed by atoms with Crippen LogP contribution < -0.4 is 5.32 Å². The van der Waals surface area contributed by atoms with E-state index in [0.717, 1.165) is 35.4 Å². The second kappa shape index (κ2) is 6.11. The van der Waals surface area contributed by atoms with Gasteiger partial charge in [0.25, 0.3) is 0 Å². The summed E-state index contributed by atoms with van der Waals surface area (Å²) < 4.78 is 0. The van der Waals surface area contributed by atoms with Gasteiger partial charge in [0.15, 0.2) is 0 Å². The highest BCUT2D eigenvalue weighted by molar-refractivity contribution is 5.95. The van der Waals surface area contributed by atoms with Crippen molar-refractivity contribution in [3.8, 4) is 11.4 Å². The first-order chi connectivity index (χ1) is 11.7. The average molecular weight is 319 g/mol. The van der Waals surface area contributed by atoms with Crippen molar-refractivity contribution in [3.63, 3.8) is 0 Å². The molecule has 1 aromatic carbocycles. The molecule has 0 bridgehead atoms. The summed E-state index contributed by atoms with van der Waals surface area (Å²) in [6, 6.07) is 12.8. The molecular weight excluding hydrogens is 298 g/mol. The minimum Gasteiger partial charge on any atom is -0.381 e. The first-order valence-corrected chi connectivity index (χ1v) is 8.52. The molecule has 0 atom stereocenters. The van der Waals surface area contributed by atoms with Crippen LogP contribution in [0.2, 0.25) is 0 Å². The molecule has 0 radical (unpaired) electrons. The molecule has 2 heterocycles. The van der Waals surface area contributed by atoms with Gasteiger partial charge < -0.3 is 10.3 Å². The Bertz CT molecular complexity index is 873. The predicted molar refractivity (Wildman–Crippen MR) is 97.2 cm³/mol. The first kappa shape index (κ1) is 14.9. The SMILES string of the molecule is Cc1cc(NC2CCC(=O)CC2)c2[nH]c(-c3ccccn3)cc2c1. The number of aromatic amines is 1. The number of pyridine rings is 1. The number of hydrogen-bond acceptors (Lipinski definition) is 3. The number of hydrogen-bond donors (Lipinski definition) is 2. The van der Waals surface area contributed by atoms with Crippen LogP contribution in [0, 0.1) is 6.92 Å². The van der Waals surface area contributed by atoms with Crippen molar-refractivity contribution in [3.05, 3.63) is 48.2 Å². The van der Waals surface area contributed by atoms with Gasteiger partial charge in [0.05, 0.1) is 22.6 Å². The fourth-order valence-electron chi connectivity index (χ4n) is 3.47. The number of Topliss-reactive ketones (excluding diaryl/α,β-unsaturated/α-hetero) is 1. The normalized spacial score (nSPS) is 15.8. The maximum atomic E-state index is 11.4. The molecule has 0 aliphatic heterocycles. The molecule has 1 aliphatic rings. The Kier molecular flexibility index (Phi) is 3.81. The van der Waals surface area contributed by atoms with Gasteiger partial charge in [0.2, 0.25) is 0 Å². The lowest BCUT2D eigenvalue weighted by Crippen LogP contribution is -2.26. The van der Waals surface area contributed by atoms with Gasteiger partial charge in [-0.3, -0.25) is 9.78 Å². The third-order valence-corrected chi connectivity index (χ3v) is 4.72. The molecule has 0 unspecified atom stereocenters. The summed E-state index contributed by atoms with van der Waals surface area (Å²) in [4.78, 5) is 19.4. The molecule has 1 saturated carbocycles. The summed E-state index contributed by atoms with van der Waals surface area (Å²) in [6.45, 7) is 2.11. The lowest BCUT2D eigenvalue weighted by Gasteiger charge is -2.23. The minimum atomic E-state index is 0.370. The van der Waals surface area contributed by atoms with Crippen molar-refractivity contribution in [2.24, 2.45) is 0 Å². The summed E-state index contributed by atoms with van der Waals surface area (Å²) >= 11 is 0. The number of anilines is 1. The number of ketones is 1. The van der Waals surface area contributed by atoms with Gasteiger partial charge in [-0.1, -0.05) is 6.07 Å². The van der Waals surface area contributed by atoms with Gasteiger partial charge in [-0.15, -0.1) is 0 Å². The molecule has 2 N–H and O–H groups in total. The van der Waals surface area contributed by atoms with Crippen LogP contribution in [0.5, 0.6) is 0 Å². The Labute approximate surface area is 141 Å². The van der Waals surface area contributed by atoms with E-state index in [1.807, 2.05) is 24.4 Å². The van der Waals surface area contributed by atoms with Gasteiger partial charge in [-0.05, 0) is 55.7 Å². The standard InChI is InChI=1S/C20H21N3O/c1-13-10-14-12-18(17-4-2-3-9-21-17)23-20(14)19(11-13)22-15-5-7-16(24)8-6-15/h2-4,9-12,15,22-23H,5-8H2,1H3. The van der Waals surface area contributed by atoms with Gasteiger partial charge >= 0.3 is 0 Å². The number of rotatable bonds is 3. The lowest BCUT2D eigenvalue weighted by molar-refractivity contribution is -0.120. The highest BCUT2D eigenvalue weighted by atomic mass is 16.1. The van der Waals surface area contributed by atoms with Crippen LogP contribution in [-0.2, 0) is 4.79 Å². The average Bonchev–Trinajstić information content (AvgIpc) is 3.02. The van der Waals surface area contributed by atoms with Crippen LogP contribution in [0.15, 0.2) is 42.6 Å². The molecular formula is C20H21N3O.